The van der Waals surface area contributed by atoms with Gasteiger partial charge in [-0.2, -0.15) is 0 Å². The van der Waals surface area contributed by atoms with Crippen LogP contribution < -0.4 is 5.32 Å². The summed E-state index contributed by atoms with van der Waals surface area (Å²) in [5.74, 6) is -0.230. The molecule has 0 aliphatic carbocycles. The minimum absolute atomic E-state index is 0.00542. The number of nitro groups is 1. The maximum atomic E-state index is 12.2. The van der Waals surface area contributed by atoms with E-state index < -0.39 is 4.92 Å². The van der Waals surface area contributed by atoms with Crippen LogP contribution in [0, 0.1) is 10.1 Å². The molecule has 0 bridgehead atoms. The second-order valence-corrected chi connectivity index (χ2v) is 5.45. The summed E-state index contributed by atoms with van der Waals surface area (Å²) in [5.41, 5.74) is 2.65. The maximum Gasteiger partial charge on any atom is 0.273 e. The molecular formula is C18H20N2O3. The Morgan fingerprint density at radius 1 is 1.17 bits per heavy atom. The number of nitrogens with one attached hydrogen (secondary N) is 1. The van der Waals surface area contributed by atoms with Gasteiger partial charge in [0.05, 0.1) is 17.4 Å². The lowest BCUT2D eigenvalue weighted by Crippen LogP contribution is -2.28. The van der Waals surface area contributed by atoms with E-state index in [0.717, 1.165) is 12.0 Å². The van der Waals surface area contributed by atoms with Crippen molar-refractivity contribution in [1.82, 2.24) is 5.32 Å². The number of rotatable bonds is 6. The first-order valence-corrected chi connectivity index (χ1v) is 7.61. The van der Waals surface area contributed by atoms with E-state index in [0.29, 0.717) is 5.56 Å². The van der Waals surface area contributed by atoms with Crippen molar-refractivity contribution < 1.29 is 9.72 Å². The first-order chi connectivity index (χ1) is 11.0. The summed E-state index contributed by atoms with van der Waals surface area (Å²) < 4.78 is 0. The van der Waals surface area contributed by atoms with Crippen molar-refractivity contribution in [1.29, 1.82) is 0 Å². The molecule has 0 spiro atoms. The summed E-state index contributed by atoms with van der Waals surface area (Å²) in [7, 11) is 0. The molecule has 1 N–H and O–H groups in total. The first kappa shape index (κ1) is 16.7. The highest BCUT2D eigenvalue weighted by molar-refractivity contribution is 5.80. The lowest BCUT2D eigenvalue weighted by molar-refractivity contribution is -0.385. The molecule has 0 saturated carbocycles. The van der Waals surface area contributed by atoms with Gasteiger partial charge in [-0.15, -0.1) is 0 Å². The van der Waals surface area contributed by atoms with Crippen LogP contribution in [0.4, 0.5) is 5.69 Å². The SMILES string of the molecule is CCc1ccc([C@@H](C)NC(=O)Cc2ccccc2[N+](=O)[O-])cc1. The van der Waals surface area contributed by atoms with Crippen LogP contribution in [0.3, 0.4) is 0 Å². The van der Waals surface area contributed by atoms with E-state index in [2.05, 4.69) is 12.2 Å². The van der Waals surface area contributed by atoms with E-state index >= 15 is 0 Å². The van der Waals surface area contributed by atoms with Crippen LogP contribution in [0.15, 0.2) is 48.5 Å². The number of para-hydroxylation sites is 1. The molecule has 0 radical (unpaired) electrons. The normalized spacial score (nSPS) is 11.7. The predicted octanol–water partition coefficient (Wildman–Crippen LogP) is 3.58. The number of carbonyl (C=O) groups is 1. The number of amides is 1. The van der Waals surface area contributed by atoms with Gasteiger partial charge < -0.3 is 5.32 Å². The summed E-state index contributed by atoms with van der Waals surface area (Å²) in [6.45, 7) is 3.99. The van der Waals surface area contributed by atoms with Gasteiger partial charge in [-0.05, 0) is 24.5 Å². The maximum absolute atomic E-state index is 12.2. The molecule has 5 heteroatoms. The van der Waals surface area contributed by atoms with E-state index in [1.165, 1.54) is 11.6 Å². The van der Waals surface area contributed by atoms with Crippen LogP contribution in [-0.2, 0) is 17.6 Å². The van der Waals surface area contributed by atoms with Crippen LogP contribution in [0.1, 0.15) is 36.6 Å². The third-order valence-electron chi connectivity index (χ3n) is 3.80. The van der Waals surface area contributed by atoms with E-state index in [1.807, 2.05) is 31.2 Å². The van der Waals surface area contributed by atoms with Crippen LogP contribution in [0.5, 0.6) is 0 Å². The van der Waals surface area contributed by atoms with Gasteiger partial charge in [0.2, 0.25) is 5.91 Å². The van der Waals surface area contributed by atoms with Gasteiger partial charge in [-0.3, -0.25) is 14.9 Å². The molecule has 5 nitrogen and oxygen atoms in total. The highest BCUT2D eigenvalue weighted by atomic mass is 16.6. The Morgan fingerprint density at radius 3 is 2.43 bits per heavy atom. The molecule has 2 aromatic rings. The molecule has 1 amide bonds. The zero-order chi connectivity index (χ0) is 16.8. The molecule has 1 atom stereocenters. The molecule has 120 valence electrons. The molecule has 0 aliphatic heterocycles. The van der Waals surface area contributed by atoms with Crippen molar-refractivity contribution in [2.45, 2.75) is 32.7 Å². The summed E-state index contributed by atoms with van der Waals surface area (Å²) >= 11 is 0. The molecule has 0 saturated heterocycles. The molecule has 0 unspecified atom stereocenters. The highest BCUT2D eigenvalue weighted by Crippen LogP contribution is 2.19. The largest absolute Gasteiger partial charge is 0.349 e. The van der Waals surface area contributed by atoms with Gasteiger partial charge in [0.15, 0.2) is 0 Å². The monoisotopic (exact) mass is 312 g/mol. The van der Waals surface area contributed by atoms with E-state index in [9.17, 15) is 14.9 Å². The van der Waals surface area contributed by atoms with Crippen molar-refractivity contribution in [2.24, 2.45) is 0 Å². The summed E-state index contributed by atoms with van der Waals surface area (Å²) in [5, 5.41) is 13.9. The molecule has 0 aromatic heterocycles. The Hall–Kier alpha value is -2.69. The van der Waals surface area contributed by atoms with Gasteiger partial charge in [0.25, 0.3) is 5.69 Å². The lowest BCUT2D eigenvalue weighted by Gasteiger charge is -2.15. The van der Waals surface area contributed by atoms with Crippen LogP contribution in [-0.4, -0.2) is 10.8 Å². The van der Waals surface area contributed by atoms with Gasteiger partial charge >= 0.3 is 0 Å². The number of aryl methyl sites for hydroxylation is 1. The van der Waals surface area contributed by atoms with Crippen LogP contribution in [0.2, 0.25) is 0 Å². The second-order valence-electron chi connectivity index (χ2n) is 5.45. The fraction of sp³-hybridized carbons (Fsp3) is 0.278. The third kappa shape index (κ3) is 4.39. The zero-order valence-corrected chi connectivity index (χ0v) is 13.3. The Kier molecular flexibility index (Phi) is 5.46. The number of carbonyl (C=O) groups excluding carboxylic acids is 1. The number of hydrogen-bond donors (Lipinski definition) is 1. The van der Waals surface area contributed by atoms with Gasteiger partial charge in [0, 0.05) is 11.6 Å². The Labute approximate surface area is 135 Å². The molecule has 2 rings (SSSR count). The lowest BCUT2D eigenvalue weighted by atomic mass is 10.0. The average Bonchev–Trinajstić information content (AvgIpc) is 2.55. The standard InChI is InChI=1S/C18H20N2O3/c1-3-14-8-10-15(11-9-14)13(2)19-18(21)12-16-6-4-5-7-17(16)20(22)23/h4-11,13H,3,12H2,1-2H3,(H,19,21)/t13-/m1/s1. The first-order valence-electron chi connectivity index (χ1n) is 7.61. The topological polar surface area (TPSA) is 72.2 Å². The minimum atomic E-state index is -0.463. The molecule has 0 fully saturated rings. The molecule has 0 heterocycles. The molecule has 2 aromatic carbocycles. The van der Waals surface area contributed by atoms with E-state index in [4.69, 9.17) is 0 Å². The Balaban J connectivity index is 2.03. The summed E-state index contributed by atoms with van der Waals surface area (Å²) in [6.07, 6.45) is 0.966. The quantitative estimate of drug-likeness (QED) is 0.654. The van der Waals surface area contributed by atoms with E-state index in [-0.39, 0.29) is 24.1 Å². The smallest absolute Gasteiger partial charge is 0.273 e. The molecule has 0 aliphatic rings. The van der Waals surface area contributed by atoms with Crippen molar-refractivity contribution in [3.05, 3.63) is 75.3 Å². The van der Waals surface area contributed by atoms with Gasteiger partial charge in [0.1, 0.15) is 0 Å². The summed E-state index contributed by atoms with van der Waals surface area (Å²) in [4.78, 5) is 22.7. The number of benzene rings is 2. The zero-order valence-electron chi connectivity index (χ0n) is 13.3. The van der Waals surface area contributed by atoms with Crippen molar-refractivity contribution in [3.63, 3.8) is 0 Å². The van der Waals surface area contributed by atoms with Gasteiger partial charge in [-0.25, -0.2) is 0 Å². The Morgan fingerprint density at radius 2 is 1.83 bits per heavy atom. The highest BCUT2D eigenvalue weighted by Gasteiger charge is 2.17. The number of nitro benzene ring substituents is 1. The number of hydrogen-bond acceptors (Lipinski definition) is 3. The second kappa shape index (κ2) is 7.54. The minimum Gasteiger partial charge on any atom is -0.349 e. The fourth-order valence-corrected chi connectivity index (χ4v) is 2.43. The van der Waals surface area contributed by atoms with Crippen molar-refractivity contribution in [2.75, 3.05) is 0 Å². The Bertz CT molecular complexity index is 696. The van der Waals surface area contributed by atoms with Crippen molar-refractivity contribution >= 4 is 11.6 Å². The molecular weight excluding hydrogens is 292 g/mol. The van der Waals surface area contributed by atoms with Crippen LogP contribution >= 0.6 is 0 Å². The number of nitrogens with zero attached hydrogens (tertiary/aromatic N) is 1. The van der Waals surface area contributed by atoms with Crippen LogP contribution in [0.25, 0.3) is 0 Å². The third-order valence-corrected chi connectivity index (χ3v) is 3.80. The van der Waals surface area contributed by atoms with E-state index in [1.54, 1.807) is 18.2 Å². The van der Waals surface area contributed by atoms with Crippen molar-refractivity contribution in [3.8, 4) is 0 Å². The predicted molar refractivity (Wildman–Crippen MR) is 89.2 cm³/mol. The fourth-order valence-electron chi connectivity index (χ4n) is 2.43. The van der Waals surface area contributed by atoms with Gasteiger partial charge in [-0.1, -0.05) is 49.4 Å². The average molecular weight is 312 g/mol. The summed E-state index contributed by atoms with van der Waals surface area (Å²) in [6, 6.07) is 14.2. The molecule has 23 heavy (non-hydrogen) atoms.